The highest BCUT2D eigenvalue weighted by Crippen LogP contribution is 2.23. The van der Waals surface area contributed by atoms with Gasteiger partial charge in [0.05, 0.1) is 0 Å². The summed E-state index contributed by atoms with van der Waals surface area (Å²) in [4.78, 5) is 0. The molecule has 0 saturated carbocycles. The fraction of sp³-hybridized carbons (Fsp3) is 0.700. The van der Waals surface area contributed by atoms with E-state index in [0.29, 0.717) is 6.04 Å². The fourth-order valence-electron chi connectivity index (χ4n) is 3.28. The van der Waals surface area contributed by atoms with Gasteiger partial charge in [0.2, 0.25) is 0 Å². The molecule has 0 aliphatic heterocycles. The minimum absolute atomic E-state index is 0.630. The summed E-state index contributed by atoms with van der Waals surface area (Å²) in [6, 6.07) is 7.51. The van der Waals surface area contributed by atoms with E-state index in [1.54, 1.807) is 0 Å². The summed E-state index contributed by atoms with van der Waals surface area (Å²) < 4.78 is 0. The molecule has 0 bridgehead atoms. The zero-order valence-electron chi connectivity index (χ0n) is 14.8. The van der Waals surface area contributed by atoms with Crippen LogP contribution in [0, 0.1) is 19.8 Å². The molecule has 1 atom stereocenters. The van der Waals surface area contributed by atoms with E-state index in [0.717, 1.165) is 12.5 Å². The van der Waals surface area contributed by atoms with Gasteiger partial charge in [-0.3, -0.25) is 0 Å². The van der Waals surface area contributed by atoms with Crippen molar-refractivity contribution in [3.63, 3.8) is 0 Å². The first-order valence-corrected chi connectivity index (χ1v) is 8.91. The van der Waals surface area contributed by atoms with Crippen molar-refractivity contribution >= 4 is 0 Å². The summed E-state index contributed by atoms with van der Waals surface area (Å²) in [6.45, 7) is 12.5. The van der Waals surface area contributed by atoms with Gasteiger partial charge in [0, 0.05) is 6.04 Å². The van der Waals surface area contributed by atoms with Crippen molar-refractivity contribution in [3.05, 3.63) is 34.9 Å². The maximum atomic E-state index is 3.83. The molecule has 0 spiro atoms. The molecule has 1 unspecified atom stereocenters. The molecule has 1 N–H and O–H groups in total. The molecule has 0 heterocycles. The zero-order chi connectivity index (χ0) is 15.7. The quantitative estimate of drug-likeness (QED) is 0.605. The van der Waals surface area contributed by atoms with E-state index in [2.05, 4.69) is 58.1 Å². The molecule has 120 valence electrons. The van der Waals surface area contributed by atoms with Crippen LogP contribution in [0.5, 0.6) is 0 Å². The van der Waals surface area contributed by atoms with Crippen LogP contribution in [0.15, 0.2) is 18.2 Å². The highest BCUT2D eigenvalue weighted by atomic mass is 14.9. The summed E-state index contributed by atoms with van der Waals surface area (Å²) in [7, 11) is 0. The van der Waals surface area contributed by atoms with Gasteiger partial charge in [0.25, 0.3) is 0 Å². The number of hydrogen-bond donors (Lipinski definition) is 1. The molecule has 21 heavy (non-hydrogen) atoms. The van der Waals surface area contributed by atoms with Gasteiger partial charge in [-0.25, -0.2) is 0 Å². The molecule has 0 aliphatic carbocycles. The molecule has 1 aromatic carbocycles. The molecular formula is C20H35N. The van der Waals surface area contributed by atoms with Gasteiger partial charge >= 0.3 is 0 Å². The Morgan fingerprint density at radius 1 is 0.952 bits per heavy atom. The summed E-state index contributed by atoms with van der Waals surface area (Å²) in [5, 5.41) is 3.83. The monoisotopic (exact) mass is 289 g/mol. The highest BCUT2D eigenvalue weighted by Gasteiger charge is 2.20. The molecule has 1 aromatic rings. The van der Waals surface area contributed by atoms with Crippen molar-refractivity contribution in [2.24, 2.45) is 5.92 Å². The van der Waals surface area contributed by atoms with Crippen molar-refractivity contribution < 1.29 is 0 Å². The van der Waals surface area contributed by atoms with Gasteiger partial charge < -0.3 is 5.32 Å². The molecule has 0 aromatic heterocycles. The number of rotatable bonds is 10. The summed E-state index contributed by atoms with van der Waals surface area (Å²) in [5.74, 6) is 0.812. The van der Waals surface area contributed by atoms with Crippen LogP contribution in [0.4, 0.5) is 0 Å². The molecule has 0 saturated heterocycles. The van der Waals surface area contributed by atoms with Crippen LogP contribution in [0.25, 0.3) is 0 Å². The summed E-state index contributed by atoms with van der Waals surface area (Å²) in [5.41, 5.74) is 4.35. The van der Waals surface area contributed by atoms with Crippen LogP contribution in [0.2, 0.25) is 0 Å². The standard InChI is InChI=1S/C20H35N/c1-6-9-18(10-7-2)20(21-13-8-3)15-19-14-16(4)11-12-17(19)5/h11-12,14,18,20-21H,6-10,13,15H2,1-5H3. The maximum Gasteiger partial charge on any atom is 0.0136 e. The molecule has 0 fully saturated rings. The Bertz CT molecular complexity index is 391. The van der Waals surface area contributed by atoms with E-state index in [4.69, 9.17) is 0 Å². The normalized spacial score (nSPS) is 12.9. The van der Waals surface area contributed by atoms with Gasteiger partial charge in [-0.15, -0.1) is 0 Å². The maximum absolute atomic E-state index is 3.83. The first kappa shape index (κ1) is 18.2. The third-order valence-corrected chi connectivity index (χ3v) is 4.49. The Labute approximate surface area is 132 Å². The van der Waals surface area contributed by atoms with E-state index in [-0.39, 0.29) is 0 Å². The Morgan fingerprint density at radius 3 is 2.19 bits per heavy atom. The smallest absolute Gasteiger partial charge is 0.0136 e. The predicted octanol–water partition coefficient (Wildman–Crippen LogP) is 5.43. The van der Waals surface area contributed by atoms with Crippen molar-refractivity contribution in [1.82, 2.24) is 5.32 Å². The Balaban J connectivity index is 2.86. The topological polar surface area (TPSA) is 12.0 Å². The second-order valence-corrected chi connectivity index (χ2v) is 6.53. The first-order chi connectivity index (χ1) is 10.1. The third-order valence-electron chi connectivity index (χ3n) is 4.49. The lowest BCUT2D eigenvalue weighted by Gasteiger charge is -2.29. The van der Waals surface area contributed by atoms with Crippen LogP contribution < -0.4 is 5.32 Å². The third kappa shape index (κ3) is 6.22. The van der Waals surface area contributed by atoms with Crippen molar-refractivity contribution in [2.75, 3.05) is 6.54 Å². The number of benzene rings is 1. The minimum Gasteiger partial charge on any atom is -0.313 e. The van der Waals surface area contributed by atoms with Crippen LogP contribution >= 0.6 is 0 Å². The van der Waals surface area contributed by atoms with E-state index in [1.165, 1.54) is 55.2 Å². The average Bonchev–Trinajstić information content (AvgIpc) is 2.47. The van der Waals surface area contributed by atoms with E-state index in [9.17, 15) is 0 Å². The van der Waals surface area contributed by atoms with Gasteiger partial charge in [-0.2, -0.15) is 0 Å². The lowest BCUT2D eigenvalue weighted by atomic mass is 9.85. The zero-order valence-corrected chi connectivity index (χ0v) is 14.8. The van der Waals surface area contributed by atoms with Crippen LogP contribution in [0.1, 0.15) is 69.6 Å². The van der Waals surface area contributed by atoms with Crippen LogP contribution in [-0.2, 0) is 6.42 Å². The van der Waals surface area contributed by atoms with Crippen molar-refractivity contribution in [1.29, 1.82) is 0 Å². The Kier molecular flexibility index (Phi) is 8.68. The Morgan fingerprint density at radius 2 is 1.62 bits per heavy atom. The molecule has 0 aliphatic rings. The summed E-state index contributed by atoms with van der Waals surface area (Å²) >= 11 is 0. The van der Waals surface area contributed by atoms with E-state index < -0.39 is 0 Å². The van der Waals surface area contributed by atoms with Gasteiger partial charge in [0.1, 0.15) is 0 Å². The molecular weight excluding hydrogens is 254 g/mol. The van der Waals surface area contributed by atoms with E-state index >= 15 is 0 Å². The molecule has 0 radical (unpaired) electrons. The second kappa shape index (κ2) is 10.00. The minimum atomic E-state index is 0.630. The average molecular weight is 290 g/mol. The number of hydrogen-bond acceptors (Lipinski definition) is 1. The van der Waals surface area contributed by atoms with Crippen LogP contribution in [-0.4, -0.2) is 12.6 Å². The van der Waals surface area contributed by atoms with Gasteiger partial charge in [-0.05, 0) is 63.1 Å². The summed E-state index contributed by atoms with van der Waals surface area (Å²) in [6.07, 6.45) is 7.68. The number of nitrogens with one attached hydrogen (secondary N) is 1. The van der Waals surface area contributed by atoms with Crippen LogP contribution in [0.3, 0.4) is 0 Å². The predicted molar refractivity (Wildman–Crippen MR) is 95.0 cm³/mol. The SMILES string of the molecule is CCCNC(Cc1cc(C)ccc1C)C(CCC)CCC. The van der Waals surface area contributed by atoms with Gasteiger partial charge in [0.15, 0.2) is 0 Å². The molecule has 1 nitrogen and oxygen atoms in total. The van der Waals surface area contributed by atoms with Gasteiger partial charge in [-0.1, -0.05) is 57.4 Å². The van der Waals surface area contributed by atoms with E-state index in [1.807, 2.05) is 0 Å². The number of aryl methyl sites for hydroxylation is 2. The van der Waals surface area contributed by atoms with Crippen molar-refractivity contribution in [2.45, 2.75) is 79.2 Å². The first-order valence-electron chi connectivity index (χ1n) is 8.91. The highest BCUT2D eigenvalue weighted by molar-refractivity contribution is 5.31. The van der Waals surface area contributed by atoms with Crippen molar-refractivity contribution in [3.8, 4) is 0 Å². The second-order valence-electron chi connectivity index (χ2n) is 6.53. The Hall–Kier alpha value is -0.820. The fourth-order valence-corrected chi connectivity index (χ4v) is 3.28. The lowest BCUT2D eigenvalue weighted by molar-refractivity contribution is 0.308. The lowest BCUT2D eigenvalue weighted by Crippen LogP contribution is -2.38. The molecule has 0 amide bonds. The molecule has 1 heteroatoms. The largest absolute Gasteiger partial charge is 0.313 e. The molecule has 1 rings (SSSR count).